The number of nitrogens with zero attached hydrogens (tertiary/aromatic N) is 1. The van der Waals surface area contributed by atoms with Gasteiger partial charge >= 0.3 is 5.97 Å². The van der Waals surface area contributed by atoms with Crippen LogP contribution in [0.2, 0.25) is 0 Å². The Morgan fingerprint density at radius 2 is 2.00 bits per heavy atom. The minimum absolute atomic E-state index is 0.156. The molecule has 0 amide bonds. The van der Waals surface area contributed by atoms with Crippen LogP contribution >= 0.6 is 11.6 Å². The lowest BCUT2D eigenvalue weighted by atomic mass is 10.0. The third kappa shape index (κ3) is 4.64. The zero-order chi connectivity index (χ0) is 13.5. The maximum absolute atomic E-state index is 9.12. The van der Waals surface area contributed by atoms with E-state index in [2.05, 4.69) is 36.2 Å². The average molecular weight is 272 g/mol. The summed E-state index contributed by atoms with van der Waals surface area (Å²) in [6.07, 6.45) is 2.09. The molecule has 0 saturated carbocycles. The fourth-order valence-electron chi connectivity index (χ4n) is 1.77. The summed E-state index contributed by atoms with van der Waals surface area (Å²) in [5, 5.41) is 15.0. The van der Waals surface area contributed by atoms with Gasteiger partial charge < -0.3 is 10.2 Å². The van der Waals surface area contributed by atoms with Gasteiger partial charge in [-0.3, -0.25) is 4.90 Å². The van der Waals surface area contributed by atoms with Crippen LogP contribution in [0.25, 0.3) is 0 Å². The number of alkyl halides is 1. The average Bonchev–Trinajstić information content (AvgIpc) is 2.51. The lowest BCUT2D eigenvalue weighted by molar-refractivity contribution is -0.140. The number of carboxylic acids is 1. The van der Waals surface area contributed by atoms with Crippen molar-refractivity contribution in [3.05, 3.63) is 35.4 Å². The molecular formula is C13H18ClNO3. The van der Waals surface area contributed by atoms with Crippen molar-refractivity contribution < 1.29 is 15.0 Å². The first-order valence-electron chi connectivity index (χ1n) is 5.78. The molecule has 0 spiro atoms. The maximum Gasteiger partial charge on any atom is 0.329 e. The summed E-state index contributed by atoms with van der Waals surface area (Å²) in [7, 11) is 2.09. The van der Waals surface area contributed by atoms with Crippen molar-refractivity contribution in [3.63, 3.8) is 0 Å². The van der Waals surface area contributed by atoms with E-state index in [1.54, 1.807) is 0 Å². The summed E-state index contributed by atoms with van der Waals surface area (Å²) in [5.74, 6) is -1.19. The number of aliphatic hydroxyl groups is 1. The summed E-state index contributed by atoms with van der Waals surface area (Å²) >= 11 is 6.23. The molecule has 2 rings (SSSR count). The molecule has 1 heterocycles. The highest BCUT2D eigenvalue weighted by Gasteiger charge is 2.17. The van der Waals surface area contributed by atoms with Crippen molar-refractivity contribution in [2.24, 2.45) is 0 Å². The molecule has 0 aliphatic carbocycles. The third-order valence-electron chi connectivity index (χ3n) is 2.85. The molecule has 0 saturated heterocycles. The van der Waals surface area contributed by atoms with Crippen LogP contribution in [-0.2, 0) is 17.6 Å². The predicted molar refractivity (Wildman–Crippen MR) is 70.8 cm³/mol. The standard InChI is InChI=1S/C11H14ClN.C2H4O3/c1-13-7-6-9-4-2-3-5-10(9)8-11(13)12;3-1-2(4)5/h2-5,11H,6-8H2,1H3;3H,1H2,(H,4,5)/t11-;/m1./s1. The largest absolute Gasteiger partial charge is 0.480 e. The van der Waals surface area contributed by atoms with Crippen molar-refractivity contribution in [1.82, 2.24) is 4.90 Å². The topological polar surface area (TPSA) is 60.8 Å². The molecule has 0 unspecified atom stereocenters. The molecule has 0 aromatic heterocycles. The number of rotatable bonds is 1. The number of aliphatic hydroxyl groups excluding tert-OH is 1. The zero-order valence-corrected chi connectivity index (χ0v) is 11.1. The number of halogens is 1. The second kappa shape index (κ2) is 7.36. The second-order valence-corrected chi connectivity index (χ2v) is 4.69. The van der Waals surface area contributed by atoms with Gasteiger partial charge in [0.1, 0.15) is 6.61 Å². The first-order valence-corrected chi connectivity index (χ1v) is 6.22. The molecule has 5 heteroatoms. The van der Waals surface area contributed by atoms with E-state index in [-0.39, 0.29) is 5.50 Å². The van der Waals surface area contributed by atoms with E-state index in [0.717, 1.165) is 19.4 Å². The Kier molecular flexibility index (Phi) is 6.12. The first-order chi connectivity index (χ1) is 8.54. The monoisotopic (exact) mass is 271 g/mol. The van der Waals surface area contributed by atoms with Gasteiger partial charge in [0.2, 0.25) is 0 Å². The van der Waals surface area contributed by atoms with Crippen LogP contribution in [0.5, 0.6) is 0 Å². The van der Waals surface area contributed by atoms with Crippen molar-refractivity contribution in [1.29, 1.82) is 0 Å². The highest BCUT2D eigenvalue weighted by molar-refractivity contribution is 6.20. The maximum atomic E-state index is 9.12. The van der Waals surface area contributed by atoms with E-state index >= 15 is 0 Å². The Morgan fingerprint density at radius 1 is 1.44 bits per heavy atom. The molecule has 18 heavy (non-hydrogen) atoms. The van der Waals surface area contributed by atoms with Crippen LogP contribution in [-0.4, -0.2) is 46.8 Å². The molecule has 1 aromatic carbocycles. The van der Waals surface area contributed by atoms with Gasteiger partial charge in [-0.25, -0.2) is 4.79 Å². The number of carboxylic acid groups (broad SMARTS) is 1. The van der Waals surface area contributed by atoms with Crippen molar-refractivity contribution in [2.45, 2.75) is 18.3 Å². The molecule has 1 aromatic rings. The molecule has 1 atom stereocenters. The molecule has 4 nitrogen and oxygen atoms in total. The Labute approximate surface area is 112 Å². The quantitative estimate of drug-likeness (QED) is 0.598. The van der Waals surface area contributed by atoms with Gasteiger partial charge in [-0.05, 0) is 24.6 Å². The number of carbonyl (C=O) groups is 1. The van der Waals surface area contributed by atoms with Crippen LogP contribution in [0.1, 0.15) is 11.1 Å². The van der Waals surface area contributed by atoms with Crippen LogP contribution in [0.3, 0.4) is 0 Å². The van der Waals surface area contributed by atoms with Gasteiger partial charge in [-0.1, -0.05) is 24.3 Å². The molecule has 0 fully saturated rings. The highest BCUT2D eigenvalue weighted by Crippen LogP contribution is 2.20. The lowest BCUT2D eigenvalue weighted by Gasteiger charge is -2.18. The van der Waals surface area contributed by atoms with E-state index in [9.17, 15) is 0 Å². The summed E-state index contributed by atoms with van der Waals surface area (Å²) in [4.78, 5) is 11.3. The molecular weight excluding hydrogens is 254 g/mol. The highest BCUT2D eigenvalue weighted by atomic mass is 35.5. The molecule has 2 N–H and O–H groups in total. The van der Waals surface area contributed by atoms with Gasteiger partial charge in [-0.2, -0.15) is 0 Å². The number of hydrogen-bond acceptors (Lipinski definition) is 3. The normalized spacial score (nSPS) is 19.2. The first kappa shape index (κ1) is 15.0. The summed E-state index contributed by atoms with van der Waals surface area (Å²) < 4.78 is 0. The van der Waals surface area contributed by atoms with E-state index < -0.39 is 12.6 Å². The van der Waals surface area contributed by atoms with Crippen molar-refractivity contribution in [3.8, 4) is 0 Å². The molecule has 1 aliphatic rings. The summed E-state index contributed by atoms with van der Waals surface area (Å²) in [6, 6.07) is 8.59. The number of aliphatic carboxylic acids is 1. The van der Waals surface area contributed by atoms with Gasteiger partial charge in [0.25, 0.3) is 0 Å². The molecule has 100 valence electrons. The van der Waals surface area contributed by atoms with Crippen molar-refractivity contribution >= 4 is 17.6 Å². The van der Waals surface area contributed by atoms with Crippen LogP contribution in [0.15, 0.2) is 24.3 Å². The van der Waals surface area contributed by atoms with Gasteiger partial charge in [0.15, 0.2) is 0 Å². The minimum Gasteiger partial charge on any atom is -0.480 e. The molecule has 0 bridgehead atoms. The predicted octanol–water partition coefficient (Wildman–Crippen LogP) is 1.35. The number of hydrogen-bond donors (Lipinski definition) is 2. The van der Waals surface area contributed by atoms with Gasteiger partial charge in [0, 0.05) is 13.0 Å². The Bertz CT molecular complexity index is 398. The SMILES string of the molecule is CN1CCc2ccccc2C[C@@H]1Cl.O=C(O)CO. The zero-order valence-electron chi connectivity index (χ0n) is 10.3. The van der Waals surface area contributed by atoms with Crippen LogP contribution < -0.4 is 0 Å². The number of fused-ring (bicyclic) bond motifs is 1. The number of likely N-dealkylation sites (N-methyl/N-ethyl adjacent to an activating group) is 1. The summed E-state index contributed by atoms with van der Waals surface area (Å²) in [6.45, 7) is 0.283. The molecule has 1 aliphatic heterocycles. The van der Waals surface area contributed by atoms with E-state index in [0.29, 0.717) is 0 Å². The van der Waals surface area contributed by atoms with Gasteiger partial charge in [0.05, 0.1) is 5.50 Å². The smallest absolute Gasteiger partial charge is 0.329 e. The van der Waals surface area contributed by atoms with Crippen molar-refractivity contribution in [2.75, 3.05) is 20.2 Å². The van der Waals surface area contributed by atoms with Crippen LogP contribution in [0, 0.1) is 0 Å². The van der Waals surface area contributed by atoms with Gasteiger partial charge in [-0.15, -0.1) is 11.6 Å². The van der Waals surface area contributed by atoms with E-state index in [1.807, 2.05) is 0 Å². The fraction of sp³-hybridized carbons (Fsp3) is 0.462. The van der Waals surface area contributed by atoms with E-state index in [1.165, 1.54) is 11.1 Å². The third-order valence-corrected chi connectivity index (χ3v) is 3.34. The fourth-order valence-corrected chi connectivity index (χ4v) is 2.04. The van der Waals surface area contributed by atoms with E-state index in [4.69, 9.17) is 26.6 Å². The second-order valence-electron chi connectivity index (χ2n) is 4.19. The Balaban J connectivity index is 0.000000280. The lowest BCUT2D eigenvalue weighted by Crippen LogP contribution is -2.28. The summed E-state index contributed by atoms with van der Waals surface area (Å²) in [5.41, 5.74) is 3.02. The van der Waals surface area contributed by atoms with Crippen LogP contribution in [0.4, 0.5) is 0 Å². The number of benzene rings is 1. The molecule has 0 radical (unpaired) electrons. The Morgan fingerprint density at radius 3 is 2.56 bits per heavy atom. The Hall–Kier alpha value is -1.10. The minimum atomic E-state index is -1.19.